The Kier molecular flexibility index (Phi) is 4.66. The number of rotatable bonds is 5. The van der Waals surface area contributed by atoms with Crippen molar-refractivity contribution in [1.82, 2.24) is 5.43 Å². The lowest BCUT2D eigenvalue weighted by Crippen LogP contribution is -2.18. The van der Waals surface area contributed by atoms with Crippen molar-refractivity contribution in [2.24, 2.45) is 11.0 Å². The van der Waals surface area contributed by atoms with Gasteiger partial charge in [-0.05, 0) is 59.5 Å². The predicted octanol–water partition coefficient (Wildman–Crippen LogP) is 3.95. The first kappa shape index (κ1) is 17.0. The summed E-state index contributed by atoms with van der Waals surface area (Å²) < 4.78 is 0. The van der Waals surface area contributed by atoms with Crippen molar-refractivity contribution < 1.29 is 9.59 Å². The molecule has 0 spiro atoms. The van der Waals surface area contributed by atoms with Crippen LogP contribution in [-0.2, 0) is 4.79 Å². The number of fused-ring (bicyclic) bond motifs is 1. The fourth-order valence-corrected chi connectivity index (χ4v) is 2.81. The molecule has 3 aromatic carbocycles. The van der Waals surface area contributed by atoms with Crippen LogP contribution in [0.3, 0.4) is 0 Å². The summed E-state index contributed by atoms with van der Waals surface area (Å²) in [4.78, 5) is 23.9. The first-order chi connectivity index (χ1) is 13.2. The molecule has 0 radical (unpaired) electrons. The van der Waals surface area contributed by atoms with Gasteiger partial charge in [0.2, 0.25) is 5.91 Å². The molecule has 0 unspecified atom stereocenters. The van der Waals surface area contributed by atoms with Gasteiger partial charge in [0.05, 0.1) is 6.21 Å². The Morgan fingerprint density at radius 1 is 0.926 bits per heavy atom. The molecule has 5 nitrogen and oxygen atoms in total. The highest BCUT2D eigenvalue weighted by Gasteiger charge is 2.29. The number of hydrogen-bond donors (Lipinski definition) is 2. The van der Waals surface area contributed by atoms with E-state index in [1.807, 2.05) is 36.4 Å². The van der Waals surface area contributed by atoms with E-state index >= 15 is 0 Å². The number of benzene rings is 3. The van der Waals surface area contributed by atoms with Gasteiger partial charge in [-0.3, -0.25) is 9.59 Å². The Labute approximate surface area is 157 Å². The maximum absolute atomic E-state index is 12.2. The zero-order valence-corrected chi connectivity index (χ0v) is 14.7. The normalized spacial score (nSPS) is 13.6. The molecule has 134 valence electrons. The molecule has 5 heteroatoms. The van der Waals surface area contributed by atoms with Crippen LogP contribution >= 0.6 is 0 Å². The van der Waals surface area contributed by atoms with Gasteiger partial charge < -0.3 is 5.32 Å². The summed E-state index contributed by atoms with van der Waals surface area (Å²) in [6, 6.07) is 20.9. The fourth-order valence-electron chi connectivity index (χ4n) is 2.81. The van der Waals surface area contributed by atoms with Crippen molar-refractivity contribution in [3.8, 4) is 0 Å². The van der Waals surface area contributed by atoms with Gasteiger partial charge in [0.1, 0.15) is 0 Å². The van der Waals surface area contributed by atoms with Crippen LogP contribution in [0.4, 0.5) is 5.69 Å². The minimum Gasteiger partial charge on any atom is -0.326 e. The van der Waals surface area contributed by atoms with Crippen LogP contribution in [0.25, 0.3) is 10.8 Å². The van der Waals surface area contributed by atoms with E-state index in [0.29, 0.717) is 11.3 Å². The Morgan fingerprint density at radius 3 is 2.41 bits per heavy atom. The van der Waals surface area contributed by atoms with Crippen molar-refractivity contribution in [2.45, 2.75) is 12.8 Å². The highest BCUT2D eigenvalue weighted by Crippen LogP contribution is 2.30. The summed E-state index contributed by atoms with van der Waals surface area (Å²) in [5.74, 6) is -0.100. The van der Waals surface area contributed by atoms with Crippen LogP contribution in [0.1, 0.15) is 28.8 Å². The van der Waals surface area contributed by atoms with Crippen LogP contribution < -0.4 is 10.7 Å². The molecular formula is C22H19N3O2. The van der Waals surface area contributed by atoms with Crippen molar-refractivity contribution in [3.63, 3.8) is 0 Å². The SMILES string of the molecule is O=C(N/N=C/c1ccc2ccccc2c1)c1ccc(NC(=O)C2CC2)cc1. The second-order valence-corrected chi connectivity index (χ2v) is 6.65. The first-order valence-electron chi connectivity index (χ1n) is 8.92. The lowest BCUT2D eigenvalue weighted by Gasteiger charge is -2.05. The number of nitrogens with zero attached hydrogens (tertiary/aromatic N) is 1. The molecule has 0 aliphatic heterocycles. The molecule has 2 N–H and O–H groups in total. The highest BCUT2D eigenvalue weighted by atomic mass is 16.2. The van der Waals surface area contributed by atoms with Crippen LogP contribution in [0.15, 0.2) is 71.8 Å². The predicted molar refractivity (Wildman–Crippen MR) is 107 cm³/mol. The topological polar surface area (TPSA) is 70.6 Å². The third-order valence-electron chi connectivity index (χ3n) is 4.52. The standard InChI is InChI=1S/C22H19N3O2/c26-21(17-7-8-17)24-20-11-9-18(10-12-20)22(27)25-23-14-15-5-6-16-3-1-2-4-19(16)13-15/h1-6,9-14,17H,7-8H2,(H,24,26)(H,25,27)/b23-14+. The molecule has 1 fully saturated rings. The summed E-state index contributed by atoms with van der Waals surface area (Å²) in [5, 5.41) is 9.16. The van der Waals surface area contributed by atoms with Gasteiger partial charge >= 0.3 is 0 Å². The summed E-state index contributed by atoms with van der Waals surface area (Å²) in [7, 11) is 0. The molecule has 0 saturated heterocycles. The van der Waals surface area contributed by atoms with E-state index < -0.39 is 0 Å². The smallest absolute Gasteiger partial charge is 0.271 e. The van der Waals surface area contributed by atoms with E-state index in [-0.39, 0.29) is 17.7 Å². The average Bonchev–Trinajstić information content (AvgIpc) is 3.54. The second-order valence-electron chi connectivity index (χ2n) is 6.65. The van der Waals surface area contributed by atoms with E-state index in [0.717, 1.165) is 29.2 Å². The molecule has 1 aliphatic rings. The summed E-state index contributed by atoms with van der Waals surface area (Å²) in [5.41, 5.74) is 4.62. The summed E-state index contributed by atoms with van der Waals surface area (Å²) in [6.45, 7) is 0. The van der Waals surface area contributed by atoms with Crippen molar-refractivity contribution >= 4 is 34.5 Å². The van der Waals surface area contributed by atoms with Crippen molar-refractivity contribution in [3.05, 3.63) is 77.9 Å². The van der Waals surface area contributed by atoms with Crippen LogP contribution in [0, 0.1) is 5.92 Å². The molecule has 3 aromatic rings. The first-order valence-corrected chi connectivity index (χ1v) is 8.92. The Morgan fingerprint density at radius 2 is 1.67 bits per heavy atom. The van der Waals surface area contributed by atoms with Crippen molar-refractivity contribution in [1.29, 1.82) is 0 Å². The third kappa shape index (κ3) is 4.20. The van der Waals surface area contributed by atoms with Crippen LogP contribution in [0.5, 0.6) is 0 Å². The number of nitrogens with one attached hydrogen (secondary N) is 2. The van der Waals surface area contributed by atoms with E-state index in [1.165, 1.54) is 0 Å². The summed E-state index contributed by atoms with van der Waals surface area (Å²) >= 11 is 0. The Balaban J connectivity index is 1.36. The quantitative estimate of drug-likeness (QED) is 0.536. The number of hydrazone groups is 1. The third-order valence-corrected chi connectivity index (χ3v) is 4.52. The zero-order chi connectivity index (χ0) is 18.6. The molecule has 0 atom stereocenters. The van der Waals surface area contributed by atoms with Gasteiger partial charge in [-0.2, -0.15) is 5.10 Å². The minimum atomic E-state index is -0.299. The molecule has 1 saturated carbocycles. The molecule has 4 rings (SSSR count). The molecule has 0 aromatic heterocycles. The van der Waals surface area contributed by atoms with E-state index in [4.69, 9.17) is 0 Å². The van der Waals surface area contributed by atoms with Crippen LogP contribution in [-0.4, -0.2) is 18.0 Å². The lowest BCUT2D eigenvalue weighted by molar-refractivity contribution is -0.117. The van der Waals surface area contributed by atoms with E-state index in [9.17, 15) is 9.59 Å². The molecule has 1 aliphatic carbocycles. The maximum Gasteiger partial charge on any atom is 0.271 e. The Hall–Kier alpha value is -3.47. The molecular weight excluding hydrogens is 338 g/mol. The lowest BCUT2D eigenvalue weighted by atomic mass is 10.1. The largest absolute Gasteiger partial charge is 0.326 e. The number of amides is 2. The minimum absolute atomic E-state index is 0.0483. The van der Waals surface area contributed by atoms with Gasteiger partial charge in [0.15, 0.2) is 0 Å². The van der Waals surface area contributed by atoms with E-state index in [2.05, 4.69) is 21.9 Å². The number of anilines is 1. The highest BCUT2D eigenvalue weighted by molar-refractivity contribution is 5.97. The summed E-state index contributed by atoms with van der Waals surface area (Å²) in [6.07, 6.45) is 3.54. The fraction of sp³-hybridized carbons (Fsp3) is 0.136. The van der Waals surface area contributed by atoms with Gasteiger partial charge in [-0.15, -0.1) is 0 Å². The Bertz CT molecular complexity index is 1020. The van der Waals surface area contributed by atoms with E-state index in [1.54, 1.807) is 30.5 Å². The monoisotopic (exact) mass is 357 g/mol. The maximum atomic E-state index is 12.2. The second kappa shape index (κ2) is 7.41. The molecule has 0 heterocycles. The number of carbonyl (C=O) groups excluding carboxylic acids is 2. The van der Waals surface area contributed by atoms with Gasteiger partial charge in [-0.1, -0.05) is 36.4 Å². The molecule has 27 heavy (non-hydrogen) atoms. The molecule has 2 amide bonds. The van der Waals surface area contributed by atoms with Crippen molar-refractivity contribution in [2.75, 3.05) is 5.32 Å². The average molecular weight is 357 g/mol. The number of carbonyl (C=O) groups is 2. The van der Waals surface area contributed by atoms with Gasteiger partial charge in [0.25, 0.3) is 5.91 Å². The zero-order valence-electron chi connectivity index (χ0n) is 14.7. The molecule has 0 bridgehead atoms. The van der Waals surface area contributed by atoms with Gasteiger partial charge in [-0.25, -0.2) is 5.43 Å². The van der Waals surface area contributed by atoms with Gasteiger partial charge in [0, 0.05) is 17.2 Å². The van der Waals surface area contributed by atoms with Crippen LogP contribution in [0.2, 0.25) is 0 Å². The number of hydrogen-bond acceptors (Lipinski definition) is 3.